The van der Waals surface area contributed by atoms with Gasteiger partial charge in [0.1, 0.15) is 5.40 Å². The quantitative estimate of drug-likeness (QED) is 0.399. The molecule has 0 N–H and O–H groups in total. The van der Waals surface area contributed by atoms with Gasteiger partial charge in [0.15, 0.2) is 0 Å². The lowest BCUT2D eigenvalue weighted by molar-refractivity contribution is 0.665. The zero-order chi connectivity index (χ0) is 6.69. The van der Waals surface area contributed by atoms with Gasteiger partial charge in [0, 0.05) is 18.8 Å². The van der Waals surface area contributed by atoms with Gasteiger partial charge in [-0.2, -0.15) is 5.26 Å². The topological polar surface area (TPSA) is 67.4 Å². The molecule has 46 valence electrons. The van der Waals surface area contributed by atoms with Crippen LogP contribution in [0.3, 0.4) is 0 Å². The van der Waals surface area contributed by atoms with Crippen LogP contribution < -0.4 is 0 Å². The highest BCUT2D eigenvalue weighted by Gasteiger charge is 1.99. The lowest BCUT2D eigenvalue weighted by Crippen LogP contribution is -1.91. The third-order valence-electron chi connectivity index (χ3n) is 0.718. The Balaban J connectivity index is 2.84. The van der Waals surface area contributed by atoms with Gasteiger partial charge in [-0.05, 0) is 10.4 Å². The summed E-state index contributed by atoms with van der Waals surface area (Å²) in [6, 6.07) is 0. The lowest BCUT2D eigenvalue weighted by atomic mass is 11.2. The molecule has 0 radical (unpaired) electrons. The molecule has 0 unspecified atom stereocenters. The summed E-state index contributed by atoms with van der Waals surface area (Å²) >= 11 is 0.941. The number of thioether (sulfide) groups is 1. The van der Waals surface area contributed by atoms with E-state index in [1.165, 1.54) is 4.68 Å². The fourth-order valence-corrected chi connectivity index (χ4v) is 0.676. The second-order valence-corrected chi connectivity index (χ2v) is 2.03. The summed E-state index contributed by atoms with van der Waals surface area (Å²) in [5.74, 6) is 0. The van der Waals surface area contributed by atoms with Gasteiger partial charge in [0.2, 0.25) is 5.16 Å². The van der Waals surface area contributed by atoms with Gasteiger partial charge in [-0.15, -0.1) is 5.10 Å². The molecule has 0 saturated heterocycles. The SMILES string of the molecule is Cn1nnnc1SC#N. The normalized spacial score (nSPS) is 8.89. The summed E-state index contributed by atoms with van der Waals surface area (Å²) in [6.45, 7) is 0. The maximum atomic E-state index is 8.17. The first-order valence-electron chi connectivity index (χ1n) is 2.13. The number of rotatable bonds is 1. The van der Waals surface area contributed by atoms with Crippen LogP contribution in [0.15, 0.2) is 5.16 Å². The predicted molar refractivity (Wildman–Crippen MR) is 30.3 cm³/mol. The second kappa shape index (κ2) is 2.46. The molecule has 1 rings (SSSR count). The zero-order valence-corrected chi connectivity index (χ0v) is 5.46. The van der Waals surface area contributed by atoms with Crippen molar-refractivity contribution in [3.05, 3.63) is 0 Å². The highest BCUT2D eigenvalue weighted by Crippen LogP contribution is 2.08. The molecule has 6 heteroatoms. The van der Waals surface area contributed by atoms with Crippen molar-refractivity contribution in [3.8, 4) is 5.40 Å². The fourth-order valence-electron chi connectivity index (χ4n) is 0.349. The van der Waals surface area contributed by atoms with Crippen LogP contribution in [0, 0.1) is 10.7 Å². The number of thiocyanates is 1. The van der Waals surface area contributed by atoms with Gasteiger partial charge in [-0.1, -0.05) is 0 Å². The van der Waals surface area contributed by atoms with E-state index in [0.29, 0.717) is 5.16 Å². The molecule has 0 spiro atoms. The Kier molecular flexibility index (Phi) is 1.65. The van der Waals surface area contributed by atoms with E-state index in [9.17, 15) is 0 Å². The number of nitrogens with zero attached hydrogens (tertiary/aromatic N) is 5. The van der Waals surface area contributed by atoms with Gasteiger partial charge in [-0.25, -0.2) is 4.68 Å². The highest BCUT2D eigenvalue weighted by atomic mass is 32.2. The lowest BCUT2D eigenvalue weighted by Gasteiger charge is -1.84. The zero-order valence-electron chi connectivity index (χ0n) is 4.64. The minimum atomic E-state index is 0.512. The Labute approximate surface area is 55.7 Å². The first kappa shape index (κ1) is 6.04. The van der Waals surface area contributed by atoms with E-state index in [1.807, 2.05) is 5.40 Å². The van der Waals surface area contributed by atoms with E-state index >= 15 is 0 Å². The van der Waals surface area contributed by atoms with Crippen LogP contribution >= 0.6 is 11.8 Å². The number of hydrogen-bond donors (Lipinski definition) is 0. The van der Waals surface area contributed by atoms with E-state index < -0.39 is 0 Å². The van der Waals surface area contributed by atoms with Crippen molar-refractivity contribution >= 4 is 11.8 Å². The first-order valence-corrected chi connectivity index (χ1v) is 2.94. The largest absolute Gasteiger partial charge is 0.223 e. The molecule has 0 saturated carbocycles. The van der Waals surface area contributed by atoms with Crippen molar-refractivity contribution in [1.29, 1.82) is 5.26 Å². The summed E-state index contributed by atoms with van der Waals surface area (Å²) in [4.78, 5) is 0. The molecular formula is C3H3N5S. The average Bonchev–Trinajstić information content (AvgIpc) is 2.18. The molecule has 0 bridgehead atoms. The third kappa shape index (κ3) is 1.17. The van der Waals surface area contributed by atoms with Crippen molar-refractivity contribution < 1.29 is 0 Å². The van der Waals surface area contributed by atoms with Crippen LogP contribution in [-0.4, -0.2) is 20.2 Å². The molecule has 0 atom stereocenters. The van der Waals surface area contributed by atoms with E-state index in [4.69, 9.17) is 5.26 Å². The first-order chi connectivity index (χ1) is 4.34. The minimum Gasteiger partial charge on any atom is -0.223 e. The second-order valence-electron chi connectivity index (χ2n) is 1.28. The van der Waals surface area contributed by atoms with Crippen LogP contribution in [0.1, 0.15) is 0 Å². The standard InChI is InChI=1S/C3H3N5S/c1-8-3(9-2-4)5-6-7-8/h1H3. The van der Waals surface area contributed by atoms with Gasteiger partial charge >= 0.3 is 0 Å². The third-order valence-corrected chi connectivity index (χ3v) is 1.34. The van der Waals surface area contributed by atoms with Crippen LogP contribution in [-0.2, 0) is 7.05 Å². The molecule has 0 aliphatic heterocycles. The van der Waals surface area contributed by atoms with Gasteiger partial charge < -0.3 is 0 Å². The van der Waals surface area contributed by atoms with Gasteiger partial charge in [0.25, 0.3) is 0 Å². The van der Waals surface area contributed by atoms with Crippen molar-refractivity contribution in [2.45, 2.75) is 5.16 Å². The number of nitriles is 1. The van der Waals surface area contributed by atoms with E-state index in [0.717, 1.165) is 11.8 Å². The smallest absolute Gasteiger partial charge is 0.223 e. The molecule has 1 heterocycles. The molecular weight excluding hydrogens is 138 g/mol. The predicted octanol–water partition coefficient (Wildman–Crippen LogP) is -0.217. The Bertz CT molecular complexity index is 235. The monoisotopic (exact) mass is 141 g/mol. The molecule has 0 aliphatic rings. The number of hydrogen-bond acceptors (Lipinski definition) is 5. The Morgan fingerprint density at radius 3 is 3.00 bits per heavy atom. The molecule has 1 aromatic heterocycles. The van der Waals surface area contributed by atoms with Crippen molar-refractivity contribution in [2.75, 3.05) is 0 Å². The van der Waals surface area contributed by atoms with Crippen molar-refractivity contribution in [3.63, 3.8) is 0 Å². The van der Waals surface area contributed by atoms with Gasteiger partial charge in [0.05, 0.1) is 0 Å². The maximum absolute atomic E-state index is 8.17. The Hall–Kier alpha value is -1.09. The summed E-state index contributed by atoms with van der Waals surface area (Å²) in [5.41, 5.74) is 0. The molecule has 5 nitrogen and oxygen atoms in total. The van der Waals surface area contributed by atoms with Crippen molar-refractivity contribution in [2.24, 2.45) is 7.05 Å². The van der Waals surface area contributed by atoms with Gasteiger partial charge in [-0.3, -0.25) is 0 Å². The highest BCUT2D eigenvalue weighted by molar-refractivity contribution is 8.03. The van der Waals surface area contributed by atoms with Crippen LogP contribution in [0.5, 0.6) is 0 Å². The van der Waals surface area contributed by atoms with E-state index in [-0.39, 0.29) is 0 Å². The van der Waals surface area contributed by atoms with Crippen molar-refractivity contribution in [1.82, 2.24) is 20.2 Å². The summed E-state index contributed by atoms with van der Waals surface area (Å²) in [7, 11) is 1.68. The molecule has 0 aliphatic carbocycles. The van der Waals surface area contributed by atoms with Crippen LogP contribution in [0.2, 0.25) is 0 Å². The number of aromatic nitrogens is 4. The molecule has 0 aromatic carbocycles. The molecule has 0 fully saturated rings. The van der Waals surface area contributed by atoms with Crippen LogP contribution in [0.4, 0.5) is 0 Å². The average molecular weight is 141 g/mol. The summed E-state index contributed by atoms with van der Waals surface area (Å²) in [5, 5.41) is 20.9. The fraction of sp³-hybridized carbons (Fsp3) is 0.333. The number of tetrazole rings is 1. The minimum absolute atomic E-state index is 0.512. The Morgan fingerprint density at radius 2 is 2.56 bits per heavy atom. The summed E-state index contributed by atoms with van der Waals surface area (Å²) < 4.78 is 1.44. The molecule has 1 aromatic rings. The Morgan fingerprint density at radius 1 is 1.78 bits per heavy atom. The molecule has 9 heavy (non-hydrogen) atoms. The van der Waals surface area contributed by atoms with E-state index in [1.54, 1.807) is 7.05 Å². The maximum Gasteiger partial charge on any atom is 0.223 e. The number of aryl methyl sites for hydroxylation is 1. The summed E-state index contributed by atoms with van der Waals surface area (Å²) in [6.07, 6.45) is 0. The molecule has 0 amide bonds. The van der Waals surface area contributed by atoms with E-state index in [2.05, 4.69) is 15.5 Å². The van der Waals surface area contributed by atoms with Crippen LogP contribution in [0.25, 0.3) is 0 Å².